The molecular weight excluding hydrogens is 216 g/mol. The number of anilines is 1. The topological polar surface area (TPSA) is 24.1 Å². The first-order valence-corrected chi connectivity index (χ1v) is 6.10. The number of nitrogens with one attached hydrogen (secondary N) is 2. The van der Waals surface area contributed by atoms with E-state index >= 15 is 0 Å². The summed E-state index contributed by atoms with van der Waals surface area (Å²) in [5.74, 6) is 1.29. The second kappa shape index (κ2) is 6.48. The van der Waals surface area contributed by atoms with Crippen LogP contribution in [0.25, 0.3) is 0 Å². The molecule has 2 nitrogen and oxygen atoms in total. The van der Waals surface area contributed by atoms with Crippen LogP contribution in [0.15, 0.2) is 30.3 Å². The highest BCUT2D eigenvalue weighted by atomic mass is 32.1. The summed E-state index contributed by atoms with van der Waals surface area (Å²) in [5, 5.41) is 7.08. The van der Waals surface area contributed by atoms with Gasteiger partial charge in [-0.2, -0.15) is 0 Å². The van der Waals surface area contributed by atoms with Crippen molar-refractivity contribution >= 4 is 23.0 Å². The predicted octanol–water partition coefficient (Wildman–Crippen LogP) is 3.27. The van der Waals surface area contributed by atoms with Crippen molar-refractivity contribution in [3.8, 4) is 0 Å². The van der Waals surface area contributed by atoms with E-state index in [1.165, 1.54) is 0 Å². The van der Waals surface area contributed by atoms with Crippen molar-refractivity contribution in [2.45, 2.75) is 20.8 Å². The normalized spacial score (nSPS) is 12.2. The van der Waals surface area contributed by atoms with E-state index in [1.807, 2.05) is 30.3 Å². The monoisotopic (exact) mass is 236 g/mol. The van der Waals surface area contributed by atoms with Gasteiger partial charge in [0.05, 0.1) is 0 Å². The van der Waals surface area contributed by atoms with E-state index in [0.29, 0.717) is 16.9 Å². The molecule has 0 radical (unpaired) electrons. The van der Waals surface area contributed by atoms with Crippen LogP contribution in [0.4, 0.5) is 5.69 Å². The van der Waals surface area contributed by atoms with Gasteiger partial charge in [0.15, 0.2) is 5.11 Å². The molecule has 1 aromatic carbocycles. The highest BCUT2D eigenvalue weighted by molar-refractivity contribution is 7.80. The Balaban J connectivity index is 2.32. The molecule has 16 heavy (non-hydrogen) atoms. The Bertz CT molecular complexity index is 322. The summed E-state index contributed by atoms with van der Waals surface area (Å²) < 4.78 is 0. The zero-order chi connectivity index (χ0) is 12.0. The molecule has 0 spiro atoms. The third-order valence-electron chi connectivity index (χ3n) is 2.75. The lowest BCUT2D eigenvalue weighted by Gasteiger charge is -2.17. The minimum atomic E-state index is 0.621. The van der Waals surface area contributed by atoms with Crippen LogP contribution in [0.3, 0.4) is 0 Å². The molecule has 0 saturated carbocycles. The zero-order valence-corrected chi connectivity index (χ0v) is 11.0. The standard InChI is InChI=1S/C13H20N2S/c1-10(2)11(3)9-14-13(16)15-12-7-5-4-6-8-12/h4-8,10-11H,9H2,1-3H3,(H2,14,15,16). The molecule has 0 aliphatic carbocycles. The van der Waals surface area contributed by atoms with Crippen molar-refractivity contribution in [3.63, 3.8) is 0 Å². The second-order valence-electron chi connectivity index (χ2n) is 4.42. The minimum absolute atomic E-state index is 0.621. The maximum Gasteiger partial charge on any atom is 0.170 e. The number of thiocarbonyl (C=S) groups is 1. The molecule has 1 aromatic rings. The molecule has 1 unspecified atom stereocenters. The lowest BCUT2D eigenvalue weighted by atomic mass is 9.98. The number of rotatable bonds is 4. The maximum absolute atomic E-state index is 5.22. The molecular formula is C13H20N2S. The van der Waals surface area contributed by atoms with E-state index < -0.39 is 0 Å². The number of hydrogen-bond donors (Lipinski definition) is 2. The fraction of sp³-hybridized carbons (Fsp3) is 0.462. The van der Waals surface area contributed by atoms with Crippen molar-refractivity contribution < 1.29 is 0 Å². The summed E-state index contributed by atoms with van der Waals surface area (Å²) in [6, 6.07) is 9.96. The summed E-state index contributed by atoms with van der Waals surface area (Å²) in [5.41, 5.74) is 1.03. The van der Waals surface area contributed by atoms with Gasteiger partial charge in [0, 0.05) is 12.2 Å². The molecule has 88 valence electrons. The highest BCUT2D eigenvalue weighted by Crippen LogP contribution is 2.08. The van der Waals surface area contributed by atoms with Gasteiger partial charge in [-0.25, -0.2) is 0 Å². The molecule has 2 N–H and O–H groups in total. The van der Waals surface area contributed by atoms with Gasteiger partial charge in [0.2, 0.25) is 0 Å². The number of benzene rings is 1. The number of hydrogen-bond acceptors (Lipinski definition) is 1. The van der Waals surface area contributed by atoms with Crippen LogP contribution in [0, 0.1) is 11.8 Å². The van der Waals surface area contributed by atoms with Crippen LogP contribution in [0.5, 0.6) is 0 Å². The summed E-state index contributed by atoms with van der Waals surface area (Å²) in [4.78, 5) is 0. The number of para-hydroxylation sites is 1. The van der Waals surface area contributed by atoms with Gasteiger partial charge in [0.25, 0.3) is 0 Å². The van der Waals surface area contributed by atoms with Gasteiger partial charge < -0.3 is 10.6 Å². The lowest BCUT2D eigenvalue weighted by molar-refractivity contribution is 0.416. The van der Waals surface area contributed by atoms with Gasteiger partial charge >= 0.3 is 0 Å². The van der Waals surface area contributed by atoms with E-state index in [0.717, 1.165) is 12.2 Å². The summed E-state index contributed by atoms with van der Waals surface area (Å²) >= 11 is 5.22. The van der Waals surface area contributed by atoms with E-state index in [2.05, 4.69) is 31.4 Å². The SMILES string of the molecule is CC(C)C(C)CNC(=S)Nc1ccccc1. The summed E-state index contributed by atoms with van der Waals surface area (Å²) in [6.45, 7) is 7.58. The third kappa shape index (κ3) is 4.62. The Hall–Kier alpha value is -1.09. The van der Waals surface area contributed by atoms with E-state index in [1.54, 1.807) is 0 Å². The van der Waals surface area contributed by atoms with Gasteiger partial charge in [0.1, 0.15) is 0 Å². The van der Waals surface area contributed by atoms with Crippen LogP contribution < -0.4 is 10.6 Å². The third-order valence-corrected chi connectivity index (χ3v) is 3.00. The fourth-order valence-corrected chi connectivity index (χ4v) is 1.39. The first-order valence-electron chi connectivity index (χ1n) is 5.69. The van der Waals surface area contributed by atoms with Crippen molar-refractivity contribution in [2.24, 2.45) is 11.8 Å². The van der Waals surface area contributed by atoms with Crippen molar-refractivity contribution in [1.82, 2.24) is 5.32 Å². The first kappa shape index (κ1) is 13.0. The second-order valence-corrected chi connectivity index (χ2v) is 4.83. The van der Waals surface area contributed by atoms with Gasteiger partial charge in [-0.3, -0.25) is 0 Å². The van der Waals surface area contributed by atoms with Crippen LogP contribution >= 0.6 is 12.2 Å². The molecule has 0 heterocycles. The molecule has 0 aromatic heterocycles. The van der Waals surface area contributed by atoms with Crippen LogP contribution in [-0.2, 0) is 0 Å². The van der Waals surface area contributed by atoms with Crippen LogP contribution in [0.2, 0.25) is 0 Å². The average molecular weight is 236 g/mol. The van der Waals surface area contributed by atoms with E-state index in [-0.39, 0.29) is 0 Å². The zero-order valence-electron chi connectivity index (χ0n) is 10.2. The van der Waals surface area contributed by atoms with Crippen LogP contribution in [0.1, 0.15) is 20.8 Å². The summed E-state index contributed by atoms with van der Waals surface area (Å²) in [7, 11) is 0. The fourth-order valence-electron chi connectivity index (χ4n) is 1.19. The van der Waals surface area contributed by atoms with Gasteiger partial charge in [-0.15, -0.1) is 0 Å². The first-order chi connectivity index (χ1) is 7.59. The molecule has 0 saturated heterocycles. The smallest absolute Gasteiger partial charge is 0.170 e. The van der Waals surface area contributed by atoms with Gasteiger partial charge in [-0.05, 0) is 36.2 Å². The van der Waals surface area contributed by atoms with Crippen molar-refractivity contribution in [1.29, 1.82) is 0 Å². The highest BCUT2D eigenvalue weighted by Gasteiger charge is 2.07. The maximum atomic E-state index is 5.22. The Kier molecular flexibility index (Phi) is 5.26. The predicted molar refractivity (Wildman–Crippen MR) is 74.7 cm³/mol. The molecule has 0 fully saturated rings. The largest absolute Gasteiger partial charge is 0.362 e. The molecule has 1 atom stereocenters. The summed E-state index contributed by atoms with van der Waals surface area (Å²) in [6.07, 6.45) is 0. The van der Waals surface area contributed by atoms with Crippen molar-refractivity contribution in [3.05, 3.63) is 30.3 Å². The van der Waals surface area contributed by atoms with Gasteiger partial charge in [-0.1, -0.05) is 39.0 Å². The quantitative estimate of drug-likeness (QED) is 0.785. The van der Waals surface area contributed by atoms with Crippen molar-refractivity contribution in [2.75, 3.05) is 11.9 Å². The Morgan fingerprint density at radius 2 is 1.81 bits per heavy atom. The molecule has 1 rings (SSSR count). The Morgan fingerprint density at radius 1 is 1.19 bits per heavy atom. The van der Waals surface area contributed by atoms with E-state index in [9.17, 15) is 0 Å². The molecule has 0 aliphatic rings. The Labute approximate surface area is 103 Å². The lowest BCUT2D eigenvalue weighted by Crippen LogP contribution is -2.33. The minimum Gasteiger partial charge on any atom is -0.362 e. The molecule has 0 aliphatic heterocycles. The van der Waals surface area contributed by atoms with E-state index in [4.69, 9.17) is 12.2 Å². The Morgan fingerprint density at radius 3 is 2.38 bits per heavy atom. The molecule has 0 amide bonds. The molecule has 0 bridgehead atoms. The molecule has 3 heteroatoms. The average Bonchev–Trinajstić information content (AvgIpc) is 2.27. The van der Waals surface area contributed by atoms with Crippen LogP contribution in [-0.4, -0.2) is 11.7 Å².